The molecule has 21 heavy (non-hydrogen) atoms. The minimum Gasteiger partial charge on any atom is -0.491 e. The molecule has 1 aliphatic rings. The first-order chi connectivity index (χ1) is 10.2. The van der Waals surface area contributed by atoms with Gasteiger partial charge in [-0.2, -0.15) is 0 Å². The summed E-state index contributed by atoms with van der Waals surface area (Å²) >= 11 is 0. The van der Waals surface area contributed by atoms with Gasteiger partial charge in [-0.15, -0.1) is 0 Å². The number of nitrogens with one attached hydrogen (secondary N) is 1. The van der Waals surface area contributed by atoms with Crippen LogP contribution in [0.2, 0.25) is 0 Å². The fourth-order valence-electron chi connectivity index (χ4n) is 2.71. The van der Waals surface area contributed by atoms with Crippen LogP contribution in [0.25, 0.3) is 0 Å². The molecule has 4 nitrogen and oxygen atoms in total. The van der Waals surface area contributed by atoms with Gasteiger partial charge >= 0.3 is 0 Å². The van der Waals surface area contributed by atoms with Crippen molar-refractivity contribution >= 4 is 5.69 Å². The van der Waals surface area contributed by atoms with E-state index in [2.05, 4.69) is 36.2 Å². The molecule has 0 atom stereocenters. The highest BCUT2D eigenvalue weighted by atomic mass is 16.5. The van der Waals surface area contributed by atoms with Crippen LogP contribution in [0, 0.1) is 0 Å². The number of hydrogen-bond acceptors (Lipinski definition) is 4. The Morgan fingerprint density at radius 3 is 2.67 bits per heavy atom. The molecule has 1 aromatic carbocycles. The predicted octanol–water partition coefficient (Wildman–Crippen LogP) is 3.00. The van der Waals surface area contributed by atoms with E-state index in [9.17, 15) is 0 Å². The van der Waals surface area contributed by atoms with Crippen molar-refractivity contribution in [3.8, 4) is 5.75 Å². The molecule has 0 amide bonds. The molecule has 0 bridgehead atoms. The Hall–Kier alpha value is -1.26. The predicted molar refractivity (Wildman–Crippen MR) is 87.2 cm³/mol. The van der Waals surface area contributed by atoms with E-state index in [1.807, 2.05) is 12.1 Å². The number of piperidine rings is 1. The van der Waals surface area contributed by atoms with E-state index in [0.29, 0.717) is 25.3 Å². The lowest BCUT2D eigenvalue weighted by atomic mass is 10.0. The van der Waals surface area contributed by atoms with Gasteiger partial charge in [0.15, 0.2) is 0 Å². The van der Waals surface area contributed by atoms with E-state index in [4.69, 9.17) is 9.47 Å². The zero-order valence-corrected chi connectivity index (χ0v) is 13.5. The smallest absolute Gasteiger partial charge is 0.121 e. The molecule has 0 spiro atoms. The number of anilines is 1. The zero-order valence-electron chi connectivity index (χ0n) is 13.5. The van der Waals surface area contributed by atoms with Crippen LogP contribution >= 0.6 is 0 Å². The number of likely N-dealkylation sites (tertiary alicyclic amines) is 1. The van der Waals surface area contributed by atoms with Crippen LogP contribution < -0.4 is 10.1 Å². The molecule has 2 rings (SSSR count). The summed E-state index contributed by atoms with van der Waals surface area (Å²) in [5, 5.41) is 3.63. The molecule has 1 fully saturated rings. The molecule has 1 heterocycles. The summed E-state index contributed by atoms with van der Waals surface area (Å²) in [7, 11) is 1.69. The van der Waals surface area contributed by atoms with Crippen LogP contribution in [0.15, 0.2) is 24.3 Å². The lowest BCUT2D eigenvalue weighted by Gasteiger charge is -2.35. The molecular weight excluding hydrogens is 264 g/mol. The van der Waals surface area contributed by atoms with Crippen LogP contribution in [0.1, 0.15) is 26.7 Å². The van der Waals surface area contributed by atoms with Gasteiger partial charge in [0.1, 0.15) is 12.4 Å². The third-order valence-electron chi connectivity index (χ3n) is 4.02. The van der Waals surface area contributed by atoms with Crippen LogP contribution in [0.3, 0.4) is 0 Å². The SMILES string of the molecule is COCCOc1cccc(NC2CCN(C(C)C)CC2)c1. The highest BCUT2D eigenvalue weighted by Crippen LogP contribution is 2.21. The number of methoxy groups -OCH3 is 1. The summed E-state index contributed by atoms with van der Waals surface area (Å²) in [6.45, 7) is 8.11. The molecular formula is C17H28N2O2. The van der Waals surface area contributed by atoms with E-state index in [0.717, 1.165) is 11.4 Å². The standard InChI is InChI=1S/C17H28N2O2/c1-14(2)19-9-7-15(8-10-19)18-16-5-4-6-17(13-16)21-12-11-20-3/h4-6,13-15,18H,7-12H2,1-3H3. The molecule has 1 aromatic rings. The molecule has 1 N–H and O–H groups in total. The average Bonchev–Trinajstić information content (AvgIpc) is 2.48. The van der Waals surface area contributed by atoms with Crippen molar-refractivity contribution in [2.45, 2.75) is 38.8 Å². The molecule has 0 aliphatic carbocycles. The van der Waals surface area contributed by atoms with E-state index in [1.165, 1.54) is 25.9 Å². The van der Waals surface area contributed by atoms with Gasteiger partial charge in [-0.3, -0.25) is 0 Å². The summed E-state index contributed by atoms with van der Waals surface area (Å²) in [5.41, 5.74) is 1.15. The number of rotatable bonds is 7. The van der Waals surface area contributed by atoms with Crippen molar-refractivity contribution in [1.29, 1.82) is 0 Å². The Balaban J connectivity index is 1.81. The average molecular weight is 292 g/mol. The van der Waals surface area contributed by atoms with Crippen molar-refractivity contribution in [3.63, 3.8) is 0 Å². The van der Waals surface area contributed by atoms with Crippen molar-refractivity contribution in [2.24, 2.45) is 0 Å². The van der Waals surface area contributed by atoms with Crippen LogP contribution in [-0.2, 0) is 4.74 Å². The van der Waals surface area contributed by atoms with Crippen LogP contribution in [-0.4, -0.2) is 50.4 Å². The van der Waals surface area contributed by atoms with E-state index in [-0.39, 0.29) is 0 Å². The molecule has 0 aromatic heterocycles. The second-order valence-corrected chi connectivity index (χ2v) is 5.92. The fourth-order valence-corrected chi connectivity index (χ4v) is 2.71. The molecule has 4 heteroatoms. The van der Waals surface area contributed by atoms with Gasteiger partial charge < -0.3 is 19.7 Å². The Morgan fingerprint density at radius 1 is 1.24 bits per heavy atom. The first-order valence-corrected chi connectivity index (χ1v) is 7.91. The quantitative estimate of drug-likeness (QED) is 0.783. The monoisotopic (exact) mass is 292 g/mol. The minimum atomic E-state index is 0.564. The highest BCUT2D eigenvalue weighted by Gasteiger charge is 2.20. The molecule has 1 aliphatic heterocycles. The van der Waals surface area contributed by atoms with Gasteiger partial charge in [-0.05, 0) is 38.8 Å². The second kappa shape index (κ2) is 8.25. The first kappa shape index (κ1) is 16.1. The maximum atomic E-state index is 5.65. The Labute approximate surface area is 128 Å². The van der Waals surface area contributed by atoms with Crippen molar-refractivity contribution in [1.82, 2.24) is 4.90 Å². The Kier molecular flexibility index (Phi) is 6.33. The minimum absolute atomic E-state index is 0.564. The summed E-state index contributed by atoms with van der Waals surface area (Å²) in [6, 6.07) is 9.43. The van der Waals surface area contributed by atoms with Crippen LogP contribution in [0.5, 0.6) is 5.75 Å². The largest absolute Gasteiger partial charge is 0.491 e. The van der Waals surface area contributed by atoms with Gasteiger partial charge in [0, 0.05) is 44.0 Å². The topological polar surface area (TPSA) is 33.7 Å². The molecule has 118 valence electrons. The van der Waals surface area contributed by atoms with Gasteiger partial charge in [0.2, 0.25) is 0 Å². The van der Waals surface area contributed by atoms with Crippen LogP contribution in [0.4, 0.5) is 5.69 Å². The van der Waals surface area contributed by atoms with Gasteiger partial charge in [0.25, 0.3) is 0 Å². The van der Waals surface area contributed by atoms with E-state index < -0.39 is 0 Å². The highest BCUT2D eigenvalue weighted by molar-refractivity contribution is 5.48. The third-order valence-corrected chi connectivity index (χ3v) is 4.02. The van der Waals surface area contributed by atoms with Gasteiger partial charge in [-0.1, -0.05) is 6.07 Å². The van der Waals surface area contributed by atoms with Crippen molar-refractivity contribution in [3.05, 3.63) is 24.3 Å². The van der Waals surface area contributed by atoms with Gasteiger partial charge in [-0.25, -0.2) is 0 Å². The van der Waals surface area contributed by atoms with Crippen molar-refractivity contribution < 1.29 is 9.47 Å². The fraction of sp³-hybridized carbons (Fsp3) is 0.647. The summed E-state index contributed by atoms with van der Waals surface area (Å²) in [4.78, 5) is 2.54. The lowest BCUT2D eigenvalue weighted by Crippen LogP contribution is -2.42. The molecule has 0 saturated carbocycles. The number of nitrogens with zero attached hydrogens (tertiary/aromatic N) is 1. The number of benzene rings is 1. The van der Waals surface area contributed by atoms with Crippen molar-refractivity contribution in [2.75, 3.05) is 38.7 Å². The molecule has 0 unspecified atom stereocenters. The summed E-state index contributed by atoms with van der Waals surface area (Å²) in [5.74, 6) is 0.900. The first-order valence-electron chi connectivity index (χ1n) is 7.91. The zero-order chi connectivity index (χ0) is 15.1. The molecule has 1 saturated heterocycles. The number of ether oxygens (including phenoxy) is 2. The summed E-state index contributed by atoms with van der Waals surface area (Å²) in [6.07, 6.45) is 2.40. The van der Waals surface area contributed by atoms with Gasteiger partial charge in [0.05, 0.1) is 6.61 Å². The number of hydrogen-bond donors (Lipinski definition) is 1. The summed E-state index contributed by atoms with van der Waals surface area (Å²) < 4.78 is 10.7. The Bertz CT molecular complexity index is 415. The second-order valence-electron chi connectivity index (χ2n) is 5.92. The normalized spacial score (nSPS) is 17.1. The Morgan fingerprint density at radius 2 is 2.00 bits per heavy atom. The maximum Gasteiger partial charge on any atom is 0.121 e. The lowest BCUT2D eigenvalue weighted by molar-refractivity contribution is 0.146. The third kappa shape index (κ3) is 5.21. The van der Waals surface area contributed by atoms with E-state index >= 15 is 0 Å². The maximum absolute atomic E-state index is 5.65. The molecule has 0 radical (unpaired) electrons. The van der Waals surface area contributed by atoms with E-state index in [1.54, 1.807) is 7.11 Å².